The molecule has 1 N–H and O–H groups in total. The van der Waals surface area contributed by atoms with Crippen LogP contribution in [0.2, 0.25) is 0 Å². The van der Waals surface area contributed by atoms with E-state index in [9.17, 15) is 21.6 Å². The summed E-state index contributed by atoms with van der Waals surface area (Å²) in [5.74, 6) is -3.96. The lowest BCUT2D eigenvalue weighted by Gasteiger charge is -2.10. The maximum Gasteiger partial charge on any atom is 0.267 e. The van der Waals surface area contributed by atoms with Gasteiger partial charge in [0, 0.05) is 23.7 Å². The molecule has 0 heterocycles. The summed E-state index contributed by atoms with van der Waals surface area (Å²) >= 11 is 5.59. The van der Waals surface area contributed by atoms with Gasteiger partial charge in [0.2, 0.25) is 0 Å². The van der Waals surface area contributed by atoms with Gasteiger partial charge in [0.25, 0.3) is 10.0 Å². The number of hydrogen-bond acceptors (Lipinski definition) is 2. The lowest BCUT2D eigenvalue weighted by atomic mass is 10.2. The van der Waals surface area contributed by atoms with Crippen molar-refractivity contribution in [2.75, 3.05) is 4.72 Å². The second-order valence-electron chi connectivity index (χ2n) is 4.13. The van der Waals surface area contributed by atoms with Crippen LogP contribution < -0.4 is 4.72 Å². The van der Waals surface area contributed by atoms with Gasteiger partial charge in [-0.25, -0.2) is 21.6 Å². The second kappa shape index (κ2) is 5.95. The number of rotatable bonds is 4. The fraction of sp³-hybridized carbons (Fsp3) is 0.0769. The van der Waals surface area contributed by atoms with Crippen LogP contribution in [-0.2, 0) is 15.9 Å². The quantitative estimate of drug-likeness (QED) is 0.867. The Kier molecular flexibility index (Phi) is 4.43. The molecule has 2 rings (SSSR count). The van der Waals surface area contributed by atoms with Crippen LogP contribution in [0.15, 0.2) is 41.3 Å². The van der Waals surface area contributed by atoms with E-state index in [1.54, 1.807) is 12.1 Å². The molecule has 0 saturated carbocycles. The molecule has 0 radical (unpaired) electrons. The minimum atomic E-state index is -4.51. The molecule has 0 spiro atoms. The highest BCUT2D eigenvalue weighted by atomic mass is 35.5. The molecule has 21 heavy (non-hydrogen) atoms. The van der Waals surface area contributed by atoms with E-state index < -0.39 is 32.4 Å². The van der Waals surface area contributed by atoms with E-state index in [1.807, 2.05) is 4.72 Å². The summed E-state index contributed by atoms with van der Waals surface area (Å²) in [5, 5.41) is 0. The van der Waals surface area contributed by atoms with Gasteiger partial charge in [0.1, 0.15) is 17.5 Å². The first-order chi connectivity index (χ1) is 9.83. The van der Waals surface area contributed by atoms with Crippen molar-refractivity contribution in [1.82, 2.24) is 0 Å². The van der Waals surface area contributed by atoms with Crippen molar-refractivity contribution < 1.29 is 21.6 Å². The number of sulfonamides is 1. The third-order valence-corrected chi connectivity index (χ3v) is 4.33. The van der Waals surface area contributed by atoms with Crippen LogP contribution in [0, 0.1) is 17.5 Å². The zero-order chi connectivity index (χ0) is 15.6. The Morgan fingerprint density at radius 1 is 1.00 bits per heavy atom. The molecular weight excluding hydrogens is 327 g/mol. The van der Waals surface area contributed by atoms with Crippen LogP contribution in [-0.4, -0.2) is 8.42 Å². The van der Waals surface area contributed by atoms with Crippen molar-refractivity contribution >= 4 is 27.3 Å². The molecule has 0 aliphatic heterocycles. The van der Waals surface area contributed by atoms with Crippen LogP contribution in [0.1, 0.15) is 5.56 Å². The molecule has 2 aromatic rings. The van der Waals surface area contributed by atoms with Gasteiger partial charge in [-0.2, -0.15) is 0 Å². The molecule has 0 aliphatic carbocycles. The molecule has 2 aromatic carbocycles. The standard InChI is InChI=1S/C13H9ClF3NO2S/c14-7-8-1-3-10(4-2-8)18-21(19,20)13-11(16)5-9(15)6-12(13)17/h1-6,18H,7H2. The van der Waals surface area contributed by atoms with Crippen molar-refractivity contribution in [3.05, 3.63) is 59.4 Å². The third-order valence-electron chi connectivity index (χ3n) is 2.59. The topological polar surface area (TPSA) is 46.2 Å². The molecule has 0 atom stereocenters. The number of hydrogen-bond donors (Lipinski definition) is 1. The second-order valence-corrected chi connectivity index (χ2v) is 6.02. The minimum absolute atomic E-state index is 0.104. The van der Waals surface area contributed by atoms with Gasteiger partial charge in [-0.05, 0) is 17.7 Å². The van der Waals surface area contributed by atoms with E-state index >= 15 is 0 Å². The lowest BCUT2D eigenvalue weighted by molar-refractivity contribution is 0.498. The molecule has 8 heteroatoms. The van der Waals surface area contributed by atoms with Crippen molar-refractivity contribution in [3.8, 4) is 0 Å². The predicted octanol–water partition coefficient (Wildman–Crippen LogP) is 3.64. The Morgan fingerprint density at radius 2 is 1.52 bits per heavy atom. The van der Waals surface area contributed by atoms with Crippen molar-refractivity contribution in [2.24, 2.45) is 0 Å². The summed E-state index contributed by atoms with van der Waals surface area (Å²) in [5.41, 5.74) is 0.853. The highest BCUT2D eigenvalue weighted by Crippen LogP contribution is 2.23. The van der Waals surface area contributed by atoms with E-state index in [1.165, 1.54) is 12.1 Å². The summed E-state index contributed by atoms with van der Waals surface area (Å²) in [6.45, 7) is 0. The monoisotopic (exact) mass is 335 g/mol. The zero-order valence-electron chi connectivity index (χ0n) is 10.4. The normalized spacial score (nSPS) is 11.4. The number of anilines is 1. The molecule has 0 aromatic heterocycles. The largest absolute Gasteiger partial charge is 0.279 e. The van der Waals surface area contributed by atoms with Gasteiger partial charge in [-0.3, -0.25) is 4.72 Å². The van der Waals surface area contributed by atoms with Crippen molar-refractivity contribution in [1.29, 1.82) is 0 Å². The Labute approximate surface area is 124 Å². The van der Waals surface area contributed by atoms with Crippen LogP contribution >= 0.6 is 11.6 Å². The Bertz CT molecular complexity index is 740. The summed E-state index contributed by atoms with van der Waals surface area (Å²) < 4.78 is 65.8. The minimum Gasteiger partial charge on any atom is -0.279 e. The average molecular weight is 336 g/mol. The molecule has 0 bridgehead atoms. The highest BCUT2D eigenvalue weighted by Gasteiger charge is 2.25. The average Bonchev–Trinajstić information content (AvgIpc) is 2.37. The third kappa shape index (κ3) is 3.48. The first-order valence-corrected chi connectivity index (χ1v) is 7.67. The maximum atomic E-state index is 13.5. The number of nitrogens with one attached hydrogen (secondary N) is 1. The van der Waals surface area contributed by atoms with E-state index in [0.717, 1.165) is 5.56 Å². The van der Waals surface area contributed by atoms with Gasteiger partial charge in [-0.15, -0.1) is 11.6 Å². The van der Waals surface area contributed by atoms with Gasteiger partial charge >= 0.3 is 0 Å². The maximum absolute atomic E-state index is 13.5. The molecule has 0 fully saturated rings. The van der Waals surface area contributed by atoms with Gasteiger partial charge < -0.3 is 0 Å². The zero-order valence-corrected chi connectivity index (χ0v) is 12.0. The molecular formula is C13H9ClF3NO2S. The van der Waals surface area contributed by atoms with Crippen LogP contribution in [0.3, 0.4) is 0 Å². The van der Waals surface area contributed by atoms with Gasteiger partial charge in [0.05, 0.1) is 0 Å². The van der Waals surface area contributed by atoms with Crippen LogP contribution in [0.25, 0.3) is 0 Å². The van der Waals surface area contributed by atoms with Crippen LogP contribution in [0.5, 0.6) is 0 Å². The Hall–Kier alpha value is -1.73. The predicted molar refractivity (Wildman–Crippen MR) is 73.1 cm³/mol. The van der Waals surface area contributed by atoms with Gasteiger partial charge in [0.15, 0.2) is 4.90 Å². The van der Waals surface area contributed by atoms with E-state index in [4.69, 9.17) is 11.6 Å². The van der Waals surface area contributed by atoms with E-state index in [-0.39, 0.29) is 11.6 Å². The number of benzene rings is 2. The molecule has 0 amide bonds. The van der Waals surface area contributed by atoms with Crippen molar-refractivity contribution in [3.63, 3.8) is 0 Å². The Morgan fingerprint density at radius 3 is 2.00 bits per heavy atom. The number of halogens is 4. The highest BCUT2D eigenvalue weighted by molar-refractivity contribution is 7.92. The lowest BCUT2D eigenvalue weighted by Crippen LogP contribution is -2.16. The fourth-order valence-electron chi connectivity index (χ4n) is 1.65. The van der Waals surface area contributed by atoms with Crippen LogP contribution in [0.4, 0.5) is 18.9 Å². The first kappa shape index (κ1) is 15.7. The Balaban J connectivity index is 2.38. The molecule has 0 aliphatic rings. The summed E-state index contributed by atoms with van der Waals surface area (Å²) in [7, 11) is -4.51. The fourth-order valence-corrected chi connectivity index (χ4v) is 3.01. The molecule has 0 unspecified atom stereocenters. The smallest absolute Gasteiger partial charge is 0.267 e. The number of alkyl halides is 1. The van der Waals surface area contributed by atoms with Gasteiger partial charge in [-0.1, -0.05) is 12.1 Å². The van der Waals surface area contributed by atoms with E-state index in [2.05, 4.69) is 0 Å². The first-order valence-electron chi connectivity index (χ1n) is 5.66. The van der Waals surface area contributed by atoms with E-state index in [0.29, 0.717) is 12.1 Å². The summed E-state index contributed by atoms with van der Waals surface area (Å²) in [4.78, 5) is -1.23. The van der Waals surface area contributed by atoms with Crippen molar-refractivity contribution in [2.45, 2.75) is 10.8 Å². The summed E-state index contributed by atoms with van der Waals surface area (Å²) in [6.07, 6.45) is 0. The molecule has 3 nitrogen and oxygen atoms in total. The summed E-state index contributed by atoms with van der Waals surface area (Å²) in [6, 6.07) is 6.51. The molecule has 112 valence electrons. The SMILES string of the molecule is O=S(=O)(Nc1ccc(CCl)cc1)c1c(F)cc(F)cc1F. The molecule has 0 saturated heterocycles.